The highest BCUT2D eigenvalue weighted by Gasteiger charge is 2.34. The van der Waals surface area contributed by atoms with Crippen LogP contribution in [0.25, 0.3) is 0 Å². The average Bonchev–Trinajstić information content (AvgIpc) is 2.71. The van der Waals surface area contributed by atoms with E-state index in [2.05, 4.69) is 6.07 Å². The van der Waals surface area contributed by atoms with E-state index in [9.17, 15) is 10.1 Å². The van der Waals surface area contributed by atoms with Crippen LogP contribution in [0.2, 0.25) is 0 Å². The Labute approximate surface area is 193 Å². The molecule has 3 unspecified atom stereocenters. The third-order valence-corrected chi connectivity index (χ3v) is 4.99. The largest absolute Gasteiger partial charge is 0.457 e. The highest BCUT2D eigenvalue weighted by atomic mass is 35.5. The van der Waals surface area contributed by atoms with Gasteiger partial charge in [0.05, 0.1) is 5.92 Å². The molecule has 0 aromatic heterocycles. The van der Waals surface area contributed by atoms with Crippen molar-refractivity contribution < 1.29 is 14.3 Å². The first-order valence-electron chi connectivity index (χ1n) is 9.85. The SMILES string of the molecule is CC(C)C(C(=O)OC(C#N)c1cccc(Oc2ccccc2)c1)C(C=C(Cl)Cl)N(C)C. The Morgan fingerprint density at radius 1 is 1.06 bits per heavy atom. The molecule has 3 atom stereocenters. The zero-order chi connectivity index (χ0) is 23.0. The number of rotatable bonds is 9. The quantitative estimate of drug-likeness (QED) is 0.422. The molecule has 0 spiro atoms. The molecule has 0 fully saturated rings. The highest BCUT2D eigenvalue weighted by molar-refractivity contribution is 6.55. The Morgan fingerprint density at radius 2 is 1.71 bits per heavy atom. The van der Waals surface area contributed by atoms with Gasteiger partial charge in [0, 0.05) is 11.6 Å². The number of nitrogens with zero attached hydrogens (tertiary/aromatic N) is 2. The molecule has 0 bridgehead atoms. The van der Waals surface area contributed by atoms with Gasteiger partial charge in [-0.1, -0.05) is 67.4 Å². The zero-order valence-electron chi connectivity index (χ0n) is 18.0. The van der Waals surface area contributed by atoms with Crippen LogP contribution in [0.4, 0.5) is 0 Å². The molecule has 0 amide bonds. The van der Waals surface area contributed by atoms with Crippen LogP contribution in [-0.4, -0.2) is 31.0 Å². The van der Waals surface area contributed by atoms with Crippen molar-refractivity contribution in [1.82, 2.24) is 4.90 Å². The molecule has 2 aromatic rings. The molecule has 2 rings (SSSR count). The van der Waals surface area contributed by atoms with Crippen molar-refractivity contribution in [3.05, 3.63) is 70.7 Å². The number of carbonyl (C=O) groups excluding carboxylic acids is 1. The van der Waals surface area contributed by atoms with Gasteiger partial charge in [-0.05, 0) is 50.4 Å². The van der Waals surface area contributed by atoms with Gasteiger partial charge in [-0.3, -0.25) is 4.79 Å². The van der Waals surface area contributed by atoms with E-state index in [1.165, 1.54) is 0 Å². The van der Waals surface area contributed by atoms with Crippen molar-refractivity contribution in [1.29, 1.82) is 5.26 Å². The Bertz CT molecular complexity index is 935. The fourth-order valence-electron chi connectivity index (χ4n) is 3.24. The number of hydrogen-bond donors (Lipinski definition) is 0. The lowest BCUT2D eigenvalue weighted by molar-refractivity contribution is -0.155. The zero-order valence-corrected chi connectivity index (χ0v) is 19.5. The molecule has 0 saturated heterocycles. The summed E-state index contributed by atoms with van der Waals surface area (Å²) in [5.41, 5.74) is 0.527. The minimum absolute atomic E-state index is 0.0692. The molecule has 7 heteroatoms. The molecular formula is C24H26Cl2N2O3. The normalized spacial score (nSPS) is 13.8. The number of hydrogen-bond acceptors (Lipinski definition) is 5. The van der Waals surface area contributed by atoms with Crippen molar-refractivity contribution >= 4 is 29.2 Å². The molecule has 0 saturated carbocycles. The summed E-state index contributed by atoms with van der Waals surface area (Å²) < 4.78 is 11.5. The maximum atomic E-state index is 13.1. The third kappa shape index (κ3) is 7.29. The van der Waals surface area contributed by atoms with Crippen molar-refractivity contribution in [3.63, 3.8) is 0 Å². The van der Waals surface area contributed by atoms with Crippen molar-refractivity contribution in [3.8, 4) is 17.6 Å². The van der Waals surface area contributed by atoms with Crippen LogP contribution >= 0.6 is 23.2 Å². The standard InChI is InChI=1S/C24H26Cl2N2O3/c1-16(2)23(20(28(3)4)14-22(25)26)24(29)31-21(15-27)17-9-8-12-19(13-17)30-18-10-6-5-7-11-18/h5-14,16,20-21,23H,1-4H3. The average molecular weight is 461 g/mol. The van der Waals surface area contributed by atoms with E-state index in [1.54, 1.807) is 30.3 Å². The number of halogens is 2. The highest BCUT2D eigenvalue weighted by Crippen LogP contribution is 2.29. The van der Waals surface area contributed by atoms with E-state index >= 15 is 0 Å². The van der Waals surface area contributed by atoms with Crippen LogP contribution in [0.5, 0.6) is 11.5 Å². The van der Waals surface area contributed by atoms with Crippen molar-refractivity contribution in [2.24, 2.45) is 11.8 Å². The maximum Gasteiger partial charge on any atom is 0.312 e. The Balaban J connectivity index is 2.24. The number of para-hydroxylation sites is 1. The maximum absolute atomic E-state index is 13.1. The monoisotopic (exact) mass is 460 g/mol. The summed E-state index contributed by atoms with van der Waals surface area (Å²) in [7, 11) is 3.65. The summed E-state index contributed by atoms with van der Waals surface area (Å²) in [5, 5.41) is 9.69. The fourth-order valence-corrected chi connectivity index (χ4v) is 3.50. The summed E-state index contributed by atoms with van der Waals surface area (Å²) in [4.78, 5) is 14.9. The first-order valence-corrected chi connectivity index (χ1v) is 10.6. The van der Waals surface area contributed by atoms with E-state index in [4.69, 9.17) is 32.7 Å². The summed E-state index contributed by atoms with van der Waals surface area (Å²) in [6.07, 6.45) is 0.524. The summed E-state index contributed by atoms with van der Waals surface area (Å²) in [5.74, 6) is 0.0745. The van der Waals surface area contributed by atoms with Gasteiger partial charge in [-0.25, -0.2) is 0 Å². The summed E-state index contributed by atoms with van der Waals surface area (Å²) in [6.45, 7) is 3.82. The summed E-state index contributed by atoms with van der Waals surface area (Å²) >= 11 is 11.7. The molecule has 5 nitrogen and oxygen atoms in total. The predicted octanol–water partition coefficient (Wildman–Crippen LogP) is 6.11. The van der Waals surface area contributed by atoms with Gasteiger partial charge in [0.15, 0.2) is 0 Å². The second kappa shape index (κ2) is 11.8. The van der Waals surface area contributed by atoms with Crippen LogP contribution in [-0.2, 0) is 9.53 Å². The van der Waals surface area contributed by atoms with E-state index < -0.39 is 18.0 Å². The second-order valence-corrected chi connectivity index (χ2v) is 8.62. The van der Waals surface area contributed by atoms with Crippen molar-refractivity contribution in [2.75, 3.05) is 14.1 Å². The topological polar surface area (TPSA) is 62.6 Å². The minimum atomic E-state index is -1.08. The van der Waals surface area contributed by atoms with Gasteiger partial charge in [0.2, 0.25) is 6.10 Å². The van der Waals surface area contributed by atoms with Crippen LogP contribution < -0.4 is 4.74 Å². The number of nitriles is 1. The molecule has 0 aliphatic carbocycles. The number of esters is 1. The number of benzene rings is 2. The van der Waals surface area contributed by atoms with Gasteiger partial charge in [0.1, 0.15) is 22.1 Å². The van der Waals surface area contributed by atoms with E-state index in [0.29, 0.717) is 17.1 Å². The molecule has 164 valence electrons. The Morgan fingerprint density at radius 3 is 2.26 bits per heavy atom. The molecule has 0 aliphatic rings. The fraction of sp³-hybridized carbons (Fsp3) is 0.333. The molecule has 0 N–H and O–H groups in total. The summed E-state index contributed by atoms with van der Waals surface area (Å²) in [6, 6.07) is 17.9. The number of likely N-dealkylation sites (N-methyl/N-ethyl adjacent to an activating group) is 1. The van der Waals surface area contributed by atoms with E-state index in [-0.39, 0.29) is 16.5 Å². The van der Waals surface area contributed by atoms with E-state index in [1.807, 2.05) is 63.2 Å². The van der Waals surface area contributed by atoms with Gasteiger partial charge < -0.3 is 14.4 Å². The lowest BCUT2D eigenvalue weighted by Gasteiger charge is -2.31. The first kappa shape index (κ1) is 24.7. The van der Waals surface area contributed by atoms with Crippen LogP contribution in [0.15, 0.2) is 65.2 Å². The van der Waals surface area contributed by atoms with Gasteiger partial charge in [-0.15, -0.1) is 0 Å². The number of carbonyl (C=O) groups is 1. The van der Waals surface area contributed by atoms with Crippen LogP contribution in [0.3, 0.4) is 0 Å². The minimum Gasteiger partial charge on any atom is -0.457 e. The predicted molar refractivity (Wildman–Crippen MR) is 123 cm³/mol. The lowest BCUT2D eigenvalue weighted by atomic mass is 9.87. The Kier molecular flexibility index (Phi) is 9.39. The van der Waals surface area contributed by atoms with Crippen LogP contribution in [0, 0.1) is 23.2 Å². The molecule has 0 heterocycles. The molecular weight excluding hydrogens is 435 g/mol. The number of ether oxygens (including phenoxy) is 2. The first-order chi connectivity index (χ1) is 14.7. The van der Waals surface area contributed by atoms with Gasteiger partial charge in [0.25, 0.3) is 0 Å². The Hall–Kier alpha value is -2.52. The molecule has 2 aromatic carbocycles. The lowest BCUT2D eigenvalue weighted by Crippen LogP contribution is -2.42. The third-order valence-electron chi connectivity index (χ3n) is 4.74. The smallest absolute Gasteiger partial charge is 0.312 e. The van der Waals surface area contributed by atoms with E-state index in [0.717, 1.165) is 0 Å². The molecule has 0 radical (unpaired) electrons. The van der Waals surface area contributed by atoms with Gasteiger partial charge in [-0.2, -0.15) is 5.26 Å². The molecule has 0 aliphatic heterocycles. The van der Waals surface area contributed by atoms with Crippen molar-refractivity contribution in [2.45, 2.75) is 26.0 Å². The second-order valence-electron chi connectivity index (χ2n) is 7.61. The molecule has 31 heavy (non-hydrogen) atoms. The van der Waals surface area contributed by atoms with Crippen LogP contribution in [0.1, 0.15) is 25.5 Å². The van der Waals surface area contributed by atoms with Gasteiger partial charge >= 0.3 is 5.97 Å².